The number of hydrogen-bond acceptors (Lipinski definition) is 4. The molecule has 3 heterocycles. The molecule has 6 heteroatoms. The summed E-state index contributed by atoms with van der Waals surface area (Å²) in [5.74, 6) is 1.85. The Bertz CT molecular complexity index is 1070. The first-order valence-electron chi connectivity index (χ1n) is 10.8. The zero-order valence-electron chi connectivity index (χ0n) is 18.4. The maximum absolute atomic E-state index is 13.2. The van der Waals surface area contributed by atoms with Crippen molar-refractivity contribution in [2.45, 2.75) is 53.0 Å². The molecule has 0 saturated carbocycles. The fourth-order valence-corrected chi connectivity index (χ4v) is 4.20. The van der Waals surface area contributed by atoms with Crippen molar-refractivity contribution in [1.82, 2.24) is 19.4 Å². The number of carbonyl (C=O) groups is 1. The summed E-state index contributed by atoms with van der Waals surface area (Å²) in [6.45, 7) is 7.92. The van der Waals surface area contributed by atoms with Gasteiger partial charge in [-0.25, -0.2) is 9.97 Å². The highest BCUT2D eigenvalue weighted by atomic mass is 16.5. The quantitative estimate of drug-likeness (QED) is 0.636. The Morgan fingerprint density at radius 3 is 2.60 bits per heavy atom. The second-order valence-electron chi connectivity index (χ2n) is 8.37. The first-order chi connectivity index (χ1) is 14.4. The van der Waals surface area contributed by atoms with E-state index in [0.29, 0.717) is 18.7 Å². The van der Waals surface area contributed by atoms with Crippen molar-refractivity contribution in [2.75, 3.05) is 20.2 Å². The van der Waals surface area contributed by atoms with E-state index in [0.717, 1.165) is 54.2 Å². The Balaban J connectivity index is 1.52. The summed E-state index contributed by atoms with van der Waals surface area (Å²) in [7, 11) is 1.82. The van der Waals surface area contributed by atoms with Gasteiger partial charge in [0.2, 0.25) is 0 Å². The molecule has 0 atom stereocenters. The minimum Gasteiger partial charge on any atom is -0.492 e. The molecule has 4 rings (SSSR count). The molecule has 30 heavy (non-hydrogen) atoms. The van der Waals surface area contributed by atoms with Gasteiger partial charge >= 0.3 is 0 Å². The Kier molecular flexibility index (Phi) is 5.75. The Morgan fingerprint density at radius 1 is 1.07 bits per heavy atom. The van der Waals surface area contributed by atoms with Crippen LogP contribution in [-0.2, 0) is 13.0 Å². The Labute approximate surface area is 177 Å². The summed E-state index contributed by atoms with van der Waals surface area (Å²) in [6, 6.07) is 8.01. The van der Waals surface area contributed by atoms with Crippen LogP contribution < -0.4 is 4.74 Å². The smallest absolute Gasteiger partial charge is 0.256 e. The van der Waals surface area contributed by atoms with Crippen molar-refractivity contribution in [3.05, 3.63) is 52.5 Å². The van der Waals surface area contributed by atoms with E-state index < -0.39 is 0 Å². The molecule has 158 valence electrons. The molecule has 6 nitrogen and oxygen atoms in total. The third-order valence-electron chi connectivity index (χ3n) is 5.66. The summed E-state index contributed by atoms with van der Waals surface area (Å²) in [5.41, 5.74) is 5.39. The number of fused-ring (bicyclic) bond motifs is 3. The number of hydrogen-bond donors (Lipinski definition) is 0. The molecular formula is C24H30N4O2. The van der Waals surface area contributed by atoms with Gasteiger partial charge in [-0.15, -0.1) is 0 Å². The first-order valence-corrected chi connectivity index (χ1v) is 10.8. The molecule has 0 aliphatic carbocycles. The molecule has 0 fully saturated rings. The zero-order chi connectivity index (χ0) is 21.3. The molecule has 1 aliphatic heterocycles. The van der Waals surface area contributed by atoms with E-state index in [4.69, 9.17) is 14.7 Å². The highest BCUT2D eigenvalue weighted by Gasteiger charge is 2.22. The average Bonchev–Trinajstić information content (AvgIpc) is 2.87. The highest BCUT2D eigenvalue weighted by Crippen LogP contribution is 2.25. The van der Waals surface area contributed by atoms with Gasteiger partial charge in [-0.1, -0.05) is 12.5 Å². The number of aromatic nitrogens is 3. The topological polar surface area (TPSA) is 60.2 Å². The number of amides is 1. The first kappa shape index (κ1) is 20.4. The lowest BCUT2D eigenvalue weighted by molar-refractivity contribution is 0.0775. The number of ether oxygens (including phenoxy) is 1. The van der Waals surface area contributed by atoms with Gasteiger partial charge in [-0.05, 0) is 62.9 Å². The molecule has 0 radical (unpaired) electrons. The fraction of sp³-hybridized carbons (Fsp3) is 0.458. The van der Waals surface area contributed by atoms with E-state index >= 15 is 0 Å². The van der Waals surface area contributed by atoms with Crippen molar-refractivity contribution in [3.63, 3.8) is 0 Å². The highest BCUT2D eigenvalue weighted by molar-refractivity contribution is 6.04. The van der Waals surface area contributed by atoms with Crippen molar-refractivity contribution in [3.8, 4) is 5.75 Å². The number of carbonyl (C=O) groups excluding carboxylic acids is 1. The maximum Gasteiger partial charge on any atom is 0.256 e. The zero-order valence-corrected chi connectivity index (χ0v) is 18.4. The molecule has 2 aromatic heterocycles. The molecule has 0 unspecified atom stereocenters. The number of benzene rings is 1. The summed E-state index contributed by atoms with van der Waals surface area (Å²) >= 11 is 0. The summed E-state index contributed by atoms with van der Waals surface area (Å²) in [5, 5.41) is 0. The molecule has 0 spiro atoms. The van der Waals surface area contributed by atoms with Crippen LogP contribution in [0.5, 0.6) is 5.75 Å². The molecule has 0 saturated heterocycles. The van der Waals surface area contributed by atoms with Gasteiger partial charge in [0.05, 0.1) is 12.1 Å². The van der Waals surface area contributed by atoms with E-state index in [2.05, 4.69) is 24.5 Å². The largest absolute Gasteiger partial charge is 0.492 e. The van der Waals surface area contributed by atoms with Crippen LogP contribution in [-0.4, -0.2) is 45.5 Å². The maximum atomic E-state index is 13.2. The summed E-state index contributed by atoms with van der Waals surface area (Å²) < 4.78 is 8.09. The lowest BCUT2D eigenvalue weighted by atomic mass is 10.1. The van der Waals surface area contributed by atoms with Crippen LogP contribution in [0.25, 0.3) is 11.2 Å². The van der Waals surface area contributed by atoms with Gasteiger partial charge in [-0.2, -0.15) is 0 Å². The van der Waals surface area contributed by atoms with Crippen LogP contribution in [0.15, 0.2) is 24.3 Å². The van der Waals surface area contributed by atoms with Gasteiger partial charge in [0, 0.05) is 25.7 Å². The van der Waals surface area contributed by atoms with Crippen molar-refractivity contribution < 1.29 is 9.53 Å². The molecule has 0 N–H and O–H groups in total. The van der Waals surface area contributed by atoms with Crippen molar-refractivity contribution in [1.29, 1.82) is 0 Å². The lowest BCUT2D eigenvalue weighted by Crippen LogP contribution is -2.31. The van der Waals surface area contributed by atoms with Crippen LogP contribution in [0.3, 0.4) is 0 Å². The number of aryl methyl sites for hydroxylation is 5. The second kappa shape index (κ2) is 8.46. The van der Waals surface area contributed by atoms with Crippen LogP contribution in [0.1, 0.15) is 52.3 Å². The Morgan fingerprint density at radius 2 is 1.83 bits per heavy atom. The number of pyridine rings is 1. The molecular weight excluding hydrogens is 376 g/mol. The molecule has 1 amide bonds. The van der Waals surface area contributed by atoms with E-state index in [1.165, 1.54) is 17.5 Å². The number of likely N-dealkylation sites (N-methyl/N-ethyl adjacent to an activating group) is 1. The van der Waals surface area contributed by atoms with E-state index in [1.54, 1.807) is 4.90 Å². The fourth-order valence-electron chi connectivity index (χ4n) is 4.20. The monoisotopic (exact) mass is 406 g/mol. The summed E-state index contributed by atoms with van der Waals surface area (Å²) in [4.78, 5) is 24.5. The van der Waals surface area contributed by atoms with Gasteiger partial charge < -0.3 is 14.2 Å². The van der Waals surface area contributed by atoms with Gasteiger partial charge in [0.25, 0.3) is 5.91 Å². The SMILES string of the molecule is Cc1cc(C)cc(OCCN(C)C(=O)c2cc(C)nc3c2nc2n3CCCCC2)c1. The van der Waals surface area contributed by atoms with Crippen LogP contribution >= 0.6 is 0 Å². The van der Waals surface area contributed by atoms with Crippen LogP contribution in [0.4, 0.5) is 0 Å². The minimum atomic E-state index is -0.0391. The third kappa shape index (κ3) is 4.18. The van der Waals surface area contributed by atoms with Crippen LogP contribution in [0.2, 0.25) is 0 Å². The second-order valence-corrected chi connectivity index (χ2v) is 8.37. The van der Waals surface area contributed by atoms with Gasteiger partial charge in [-0.3, -0.25) is 4.79 Å². The molecule has 3 aromatic rings. The number of nitrogens with zero attached hydrogens (tertiary/aromatic N) is 4. The van der Waals surface area contributed by atoms with E-state index in [9.17, 15) is 4.79 Å². The standard InChI is InChI=1S/C24H30N4O2/c1-16-12-17(2)14-19(13-16)30-11-10-27(4)24(29)20-15-18(3)25-23-22(20)26-21-8-6-5-7-9-28(21)23/h12-15H,5-11H2,1-4H3. The summed E-state index contributed by atoms with van der Waals surface area (Å²) in [6.07, 6.45) is 4.43. The predicted molar refractivity (Wildman–Crippen MR) is 118 cm³/mol. The normalized spacial score (nSPS) is 13.7. The van der Waals surface area contributed by atoms with Crippen molar-refractivity contribution in [2.24, 2.45) is 0 Å². The minimum absolute atomic E-state index is 0.0391. The Hall–Kier alpha value is -2.89. The third-order valence-corrected chi connectivity index (χ3v) is 5.66. The molecule has 0 bridgehead atoms. The molecule has 1 aromatic carbocycles. The van der Waals surface area contributed by atoms with Gasteiger partial charge in [0.15, 0.2) is 5.65 Å². The predicted octanol–water partition coefficient (Wildman–Crippen LogP) is 4.23. The number of imidazole rings is 1. The average molecular weight is 407 g/mol. The molecule has 1 aliphatic rings. The van der Waals surface area contributed by atoms with E-state index in [1.807, 2.05) is 32.2 Å². The van der Waals surface area contributed by atoms with Gasteiger partial charge in [0.1, 0.15) is 23.7 Å². The van der Waals surface area contributed by atoms with Crippen molar-refractivity contribution >= 4 is 17.1 Å². The number of rotatable bonds is 5. The lowest BCUT2D eigenvalue weighted by Gasteiger charge is -2.18. The van der Waals surface area contributed by atoms with Crippen LogP contribution in [0, 0.1) is 20.8 Å². The van der Waals surface area contributed by atoms with E-state index in [-0.39, 0.29) is 5.91 Å².